The molecule has 104 valence electrons. The van der Waals surface area contributed by atoms with E-state index in [4.69, 9.17) is 10.6 Å². The van der Waals surface area contributed by atoms with E-state index in [1.807, 2.05) is 0 Å². The van der Waals surface area contributed by atoms with Gasteiger partial charge in [-0.05, 0) is 37.2 Å². The molecule has 3 nitrogen and oxygen atoms in total. The summed E-state index contributed by atoms with van der Waals surface area (Å²) < 4.78 is 6.12. The van der Waals surface area contributed by atoms with Gasteiger partial charge in [-0.3, -0.25) is 11.3 Å². The van der Waals surface area contributed by atoms with E-state index in [1.165, 1.54) is 31.2 Å². The van der Waals surface area contributed by atoms with Crippen molar-refractivity contribution in [1.82, 2.24) is 5.43 Å². The first kappa shape index (κ1) is 13.1. The van der Waals surface area contributed by atoms with Gasteiger partial charge in [0.25, 0.3) is 0 Å². The van der Waals surface area contributed by atoms with Crippen LogP contribution < -0.4 is 11.3 Å². The lowest BCUT2D eigenvalue weighted by molar-refractivity contribution is -0.0982. The highest BCUT2D eigenvalue weighted by molar-refractivity contribution is 5.20. The Kier molecular flexibility index (Phi) is 3.87. The van der Waals surface area contributed by atoms with Gasteiger partial charge in [0, 0.05) is 12.6 Å². The lowest BCUT2D eigenvalue weighted by Crippen LogP contribution is -2.43. The van der Waals surface area contributed by atoms with Gasteiger partial charge in [-0.1, -0.05) is 43.2 Å². The first-order chi connectivity index (χ1) is 9.33. The molecule has 3 N–H and O–H groups in total. The van der Waals surface area contributed by atoms with Gasteiger partial charge in [0.15, 0.2) is 0 Å². The fourth-order valence-electron chi connectivity index (χ4n) is 3.88. The summed E-state index contributed by atoms with van der Waals surface area (Å²) in [5, 5.41) is 0. The van der Waals surface area contributed by atoms with E-state index in [2.05, 4.69) is 35.8 Å². The Hall–Kier alpha value is -0.900. The third-order valence-electron chi connectivity index (χ3n) is 4.86. The maximum Gasteiger partial charge on any atom is 0.0686 e. The summed E-state index contributed by atoms with van der Waals surface area (Å²) in [4.78, 5) is 0. The molecule has 0 bridgehead atoms. The highest BCUT2D eigenvalue weighted by Crippen LogP contribution is 2.45. The maximum atomic E-state index is 6.12. The van der Waals surface area contributed by atoms with E-state index in [-0.39, 0.29) is 11.6 Å². The summed E-state index contributed by atoms with van der Waals surface area (Å²) in [6.45, 7) is 0.885. The molecule has 1 heterocycles. The Labute approximate surface area is 115 Å². The van der Waals surface area contributed by atoms with Gasteiger partial charge < -0.3 is 4.74 Å². The Bertz CT molecular complexity index is 400. The van der Waals surface area contributed by atoms with Crippen LogP contribution in [0.2, 0.25) is 0 Å². The molecule has 2 fully saturated rings. The predicted molar refractivity (Wildman–Crippen MR) is 76.4 cm³/mol. The zero-order valence-corrected chi connectivity index (χ0v) is 11.5. The molecule has 2 aliphatic rings. The van der Waals surface area contributed by atoms with Gasteiger partial charge in [0.05, 0.1) is 5.60 Å². The molecule has 1 aromatic carbocycles. The van der Waals surface area contributed by atoms with Crippen molar-refractivity contribution in [1.29, 1.82) is 0 Å². The molecular weight excluding hydrogens is 236 g/mol. The molecule has 3 rings (SSSR count). The number of benzene rings is 1. The average molecular weight is 260 g/mol. The van der Waals surface area contributed by atoms with Crippen molar-refractivity contribution in [2.75, 3.05) is 6.61 Å². The standard InChI is InChI=1S/C16H24N2O/c17-18-15(13-6-2-1-3-7-13)14-8-11-19-16(12-14)9-4-5-10-16/h1-3,6-7,14-15,18H,4-5,8-12,17H2. The Morgan fingerprint density at radius 3 is 2.63 bits per heavy atom. The Morgan fingerprint density at radius 2 is 1.95 bits per heavy atom. The molecule has 19 heavy (non-hydrogen) atoms. The second kappa shape index (κ2) is 5.61. The zero-order valence-electron chi connectivity index (χ0n) is 11.5. The first-order valence-electron chi connectivity index (χ1n) is 7.48. The normalized spacial score (nSPS) is 27.5. The van der Waals surface area contributed by atoms with Gasteiger partial charge >= 0.3 is 0 Å². The largest absolute Gasteiger partial charge is 0.375 e. The molecule has 1 aliphatic heterocycles. The lowest BCUT2D eigenvalue weighted by Gasteiger charge is -2.41. The molecule has 0 aromatic heterocycles. The van der Waals surface area contributed by atoms with E-state index in [0.29, 0.717) is 5.92 Å². The van der Waals surface area contributed by atoms with Gasteiger partial charge in [-0.15, -0.1) is 0 Å². The third-order valence-corrected chi connectivity index (χ3v) is 4.86. The van der Waals surface area contributed by atoms with Gasteiger partial charge in [-0.25, -0.2) is 0 Å². The Morgan fingerprint density at radius 1 is 1.21 bits per heavy atom. The molecule has 1 saturated carbocycles. The minimum atomic E-state index is 0.160. The van der Waals surface area contributed by atoms with E-state index in [1.54, 1.807) is 0 Å². The van der Waals surface area contributed by atoms with Crippen molar-refractivity contribution in [3.63, 3.8) is 0 Å². The van der Waals surface area contributed by atoms with E-state index < -0.39 is 0 Å². The van der Waals surface area contributed by atoms with Crippen LogP contribution >= 0.6 is 0 Å². The van der Waals surface area contributed by atoms with Crippen LogP contribution in [0.25, 0.3) is 0 Å². The molecule has 1 saturated heterocycles. The van der Waals surface area contributed by atoms with Crippen LogP contribution in [-0.2, 0) is 4.74 Å². The van der Waals surface area contributed by atoms with Crippen molar-refractivity contribution in [2.45, 2.75) is 50.2 Å². The smallest absolute Gasteiger partial charge is 0.0686 e. The van der Waals surface area contributed by atoms with E-state index in [0.717, 1.165) is 19.4 Å². The van der Waals surface area contributed by atoms with Crippen LogP contribution in [0.3, 0.4) is 0 Å². The molecule has 1 aromatic rings. The quantitative estimate of drug-likeness (QED) is 0.649. The van der Waals surface area contributed by atoms with Crippen molar-refractivity contribution >= 4 is 0 Å². The number of nitrogens with one attached hydrogen (secondary N) is 1. The molecule has 3 heteroatoms. The van der Waals surface area contributed by atoms with Crippen LogP contribution in [0.4, 0.5) is 0 Å². The molecular formula is C16H24N2O. The second-order valence-corrected chi connectivity index (χ2v) is 6.05. The SMILES string of the molecule is NNC(c1ccccc1)C1CCOC2(CCCC2)C1. The van der Waals surface area contributed by atoms with Crippen LogP contribution in [0.15, 0.2) is 30.3 Å². The monoisotopic (exact) mass is 260 g/mol. The second-order valence-electron chi connectivity index (χ2n) is 6.05. The minimum absolute atomic E-state index is 0.160. The van der Waals surface area contributed by atoms with Gasteiger partial charge in [-0.2, -0.15) is 0 Å². The van der Waals surface area contributed by atoms with Crippen LogP contribution in [-0.4, -0.2) is 12.2 Å². The number of rotatable bonds is 3. The zero-order chi connectivity index (χ0) is 13.1. The predicted octanol–water partition coefficient (Wildman–Crippen LogP) is 2.93. The molecule has 0 amide bonds. The molecule has 0 radical (unpaired) electrons. The average Bonchev–Trinajstić information content (AvgIpc) is 2.89. The van der Waals surface area contributed by atoms with Crippen molar-refractivity contribution < 1.29 is 4.74 Å². The van der Waals surface area contributed by atoms with Gasteiger partial charge in [0.2, 0.25) is 0 Å². The summed E-state index contributed by atoms with van der Waals surface area (Å²) >= 11 is 0. The summed E-state index contributed by atoms with van der Waals surface area (Å²) in [6.07, 6.45) is 7.35. The maximum absolute atomic E-state index is 6.12. The minimum Gasteiger partial charge on any atom is -0.375 e. The topological polar surface area (TPSA) is 47.3 Å². The third kappa shape index (κ3) is 2.69. The van der Waals surface area contributed by atoms with Crippen LogP contribution in [0.5, 0.6) is 0 Å². The number of hydrogen-bond donors (Lipinski definition) is 2. The fourth-order valence-corrected chi connectivity index (χ4v) is 3.88. The van der Waals surface area contributed by atoms with E-state index in [9.17, 15) is 0 Å². The van der Waals surface area contributed by atoms with E-state index >= 15 is 0 Å². The molecule has 1 spiro atoms. The number of hydrogen-bond acceptors (Lipinski definition) is 3. The lowest BCUT2D eigenvalue weighted by atomic mass is 9.79. The molecule has 2 unspecified atom stereocenters. The van der Waals surface area contributed by atoms with Crippen molar-refractivity contribution in [3.8, 4) is 0 Å². The van der Waals surface area contributed by atoms with Crippen LogP contribution in [0, 0.1) is 5.92 Å². The van der Waals surface area contributed by atoms with Crippen molar-refractivity contribution in [3.05, 3.63) is 35.9 Å². The summed E-state index contributed by atoms with van der Waals surface area (Å²) in [6, 6.07) is 10.8. The summed E-state index contributed by atoms with van der Waals surface area (Å²) in [7, 11) is 0. The first-order valence-corrected chi connectivity index (χ1v) is 7.48. The Balaban J connectivity index is 1.76. The molecule has 2 atom stereocenters. The number of nitrogens with two attached hydrogens (primary N) is 1. The van der Waals surface area contributed by atoms with Crippen molar-refractivity contribution in [2.24, 2.45) is 11.8 Å². The fraction of sp³-hybridized carbons (Fsp3) is 0.625. The summed E-state index contributed by atoms with van der Waals surface area (Å²) in [5.41, 5.74) is 4.49. The van der Waals surface area contributed by atoms with Crippen LogP contribution in [0.1, 0.15) is 50.1 Å². The highest BCUT2D eigenvalue weighted by atomic mass is 16.5. The number of ether oxygens (including phenoxy) is 1. The number of hydrazine groups is 1. The highest BCUT2D eigenvalue weighted by Gasteiger charge is 2.42. The van der Waals surface area contributed by atoms with Gasteiger partial charge in [0.1, 0.15) is 0 Å². The molecule has 1 aliphatic carbocycles. The summed E-state index contributed by atoms with van der Waals surface area (Å²) in [5.74, 6) is 6.41.